The smallest absolute Gasteiger partial charge is 0.0228 e. The molecule has 0 unspecified atom stereocenters. The van der Waals surface area contributed by atoms with E-state index in [9.17, 15) is 0 Å². The summed E-state index contributed by atoms with van der Waals surface area (Å²) in [4.78, 5) is 0. The van der Waals surface area contributed by atoms with Gasteiger partial charge in [0.05, 0.1) is 0 Å². The second kappa shape index (κ2) is 9.04. The highest BCUT2D eigenvalue weighted by atomic mass is 14.0. The molecule has 0 atom stereocenters. The van der Waals surface area contributed by atoms with E-state index in [1.165, 1.54) is 56.1 Å². The summed E-state index contributed by atoms with van der Waals surface area (Å²) in [5.74, 6) is 0. The Labute approximate surface area is 107 Å². The Hall–Kier alpha value is -1.04. The quantitative estimate of drug-likeness (QED) is 0.492. The molecule has 0 aromatic heterocycles. The minimum Gasteiger partial charge on any atom is -0.0838 e. The molecule has 0 aliphatic carbocycles. The lowest BCUT2D eigenvalue weighted by Crippen LogP contribution is -1.85. The van der Waals surface area contributed by atoms with Crippen molar-refractivity contribution < 1.29 is 0 Å². The summed E-state index contributed by atoms with van der Waals surface area (Å²) in [6.45, 7) is 4.42. The van der Waals surface area contributed by atoms with Gasteiger partial charge in [-0.25, -0.2) is 0 Å². The molecule has 0 amide bonds. The van der Waals surface area contributed by atoms with E-state index in [4.69, 9.17) is 0 Å². The van der Waals surface area contributed by atoms with Crippen molar-refractivity contribution in [2.45, 2.75) is 58.8 Å². The van der Waals surface area contributed by atoms with Crippen molar-refractivity contribution in [1.29, 1.82) is 0 Å². The fourth-order valence-corrected chi connectivity index (χ4v) is 2.20. The first-order valence-corrected chi connectivity index (χ1v) is 7.09. The Kier molecular flexibility index (Phi) is 7.46. The SMILES string of the molecule is C/C=C(/CCCCCCCC)c1ccccc1. The lowest BCUT2D eigenvalue weighted by Gasteiger charge is -2.07. The molecule has 1 aromatic rings. The zero-order valence-electron chi connectivity index (χ0n) is 11.4. The molecule has 0 aliphatic heterocycles. The van der Waals surface area contributed by atoms with Crippen LogP contribution in [0.1, 0.15) is 64.4 Å². The molecule has 1 aromatic carbocycles. The third-order valence-electron chi connectivity index (χ3n) is 3.29. The molecule has 0 heteroatoms. The van der Waals surface area contributed by atoms with Gasteiger partial charge in [-0.05, 0) is 30.9 Å². The number of hydrogen-bond donors (Lipinski definition) is 0. The zero-order chi connectivity index (χ0) is 12.3. The van der Waals surface area contributed by atoms with Crippen LogP contribution in [0, 0.1) is 0 Å². The van der Waals surface area contributed by atoms with Gasteiger partial charge in [0, 0.05) is 0 Å². The maximum Gasteiger partial charge on any atom is -0.0228 e. The zero-order valence-corrected chi connectivity index (χ0v) is 11.4. The van der Waals surface area contributed by atoms with E-state index < -0.39 is 0 Å². The van der Waals surface area contributed by atoms with Crippen LogP contribution < -0.4 is 0 Å². The van der Waals surface area contributed by atoms with Gasteiger partial charge in [-0.2, -0.15) is 0 Å². The minimum absolute atomic E-state index is 1.23. The van der Waals surface area contributed by atoms with E-state index >= 15 is 0 Å². The molecular weight excluding hydrogens is 204 g/mol. The first-order chi connectivity index (χ1) is 8.38. The van der Waals surface area contributed by atoms with Crippen molar-refractivity contribution in [2.24, 2.45) is 0 Å². The number of benzene rings is 1. The van der Waals surface area contributed by atoms with Gasteiger partial charge in [0.25, 0.3) is 0 Å². The van der Waals surface area contributed by atoms with Gasteiger partial charge in [0.2, 0.25) is 0 Å². The Balaban J connectivity index is 2.25. The fraction of sp³-hybridized carbons (Fsp3) is 0.529. The van der Waals surface area contributed by atoms with Gasteiger partial charge in [0.15, 0.2) is 0 Å². The molecule has 0 aliphatic rings. The van der Waals surface area contributed by atoms with Crippen LogP contribution in [-0.4, -0.2) is 0 Å². The molecule has 0 radical (unpaired) electrons. The Morgan fingerprint density at radius 3 is 2.24 bits per heavy atom. The van der Waals surface area contributed by atoms with Crippen LogP contribution >= 0.6 is 0 Å². The largest absolute Gasteiger partial charge is 0.0838 e. The summed E-state index contributed by atoms with van der Waals surface area (Å²) in [6.07, 6.45) is 11.8. The van der Waals surface area contributed by atoms with Crippen LogP contribution in [0.3, 0.4) is 0 Å². The maximum absolute atomic E-state index is 2.27. The van der Waals surface area contributed by atoms with Crippen LogP contribution in [-0.2, 0) is 0 Å². The van der Waals surface area contributed by atoms with Gasteiger partial charge in [-0.3, -0.25) is 0 Å². The van der Waals surface area contributed by atoms with Gasteiger partial charge in [0.1, 0.15) is 0 Å². The van der Waals surface area contributed by atoms with Crippen LogP contribution in [0.2, 0.25) is 0 Å². The van der Waals surface area contributed by atoms with Crippen molar-refractivity contribution in [3.05, 3.63) is 42.0 Å². The molecule has 0 nitrogen and oxygen atoms in total. The minimum atomic E-state index is 1.23. The number of allylic oxidation sites excluding steroid dienone is 2. The Morgan fingerprint density at radius 2 is 1.59 bits per heavy atom. The third kappa shape index (κ3) is 5.72. The lowest BCUT2D eigenvalue weighted by atomic mass is 9.99. The van der Waals surface area contributed by atoms with Gasteiger partial charge >= 0.3 is 0 Å². The second-order valence-corrected chi connectivity index (χ2v) is 4.70. The molecule has 0 heterocycles. The van der Waals surface area contributed by atoms with Gasteiger partial charge < -0.3 is 0 Å². The number of unbranched alkanes of at least 4 members (excludes halogenated alkanes) is 5. The number of hydrogen-bond acceptors (Lipinski definition) is 0. The highest BCUT2D eigenvalue weighted by Crippen LogP contribution is 2.21. The summed E-state index contributed by atoms with van der Waals surface area (Å²) < 4.78 is 0. The molecule has 0 saturated heterocycles. The maximum atomic E-state index is 2.27. The van der Waals surface area contributed by atoms with Crippen LogP contribution in [0.15, 0.2) is 36.4 Å². The number of rotatable bonds is 8. The summed E-state index contributed by atoms with van der Waals surface area (Å²) in [7, 11) is 0. The van der Waals surface area contributed by atoms with Crippen LogP contribution in [0.5, 0.6) is 0 Å². The summed E-state index contributed by atoms with van der Waals surface area (Å²) in [5, 5.41) is 0. The van der Waals surface area contributed by atoms with Crippen molar-refractivity contribution in [3.63, 3.8) is 0 Å². The first-order valence-electron chi connectivity index (χ1n) is 7.09. The highest BCUT2D eigenvalue weighted by Gasteiger charge is 1.99. The van der Waals surface area contributed by atoms with Crippen LogP contribution in [0.25, 0.3) is 5.57 Å². The van der Waals surface area contributed by atoms with E-state index in [0.29, 0.717) is 0 Å². The fourth-order valence-electron chi connectivity index (χ4n) is 2.20. The molecular formula is C17H26. The van der Waals surface area contributed by atoms with E-state index in [2.05, 4.69) is 50.3 Å². The molecule has 17 heavy (non-hydrogen) atoms. The van der Waals surface area contributed by atoms with E-state index in [-0.39, 0.29) is 0 Å². The standard InChI is InChI=1S/C17H26/c1-3-5-6-7-8-10-13-16(4-2)17-14-11-9-12-15-17/h4,9,11-12,14-15H,3,5-8,10,13H2,1-2H3/b16-4-. The summed E-state index contributed by atoms with van der Waals surface area (Å²) >= 11 is 0. The van der Waals surface area contributed by atoms with Crippen LogP contribution in [0.4, 0.5) is 0 Å². The normalized spacial score (nSPS) is 11.8. The van der Waals surface area contributed by atoms with Crippen molar-refractivity contribution >= 4 is 5.57 Å². The molecule has 1 rings (SSSR count). The van der Waals surface area contributed by atoms with E-state index in [1.54, 1.807) is 0 Å². The molecule has 0 spiro atoms. The molecule has 0 saturated carbocycles. The lowest BCUT2D eigenvalue weighted by molar-refractivity contribution is 0.613. The van der Waals surface area contributed by atoms with Gasteiger partial charge in [-0.1, -0.05) is 75.4 Å². The van der Waals surface area contributed by atoms with E-state index in [1.807, 2.05) is 0 Å². The van der Waals surface area contributed by atoms with Crippen molar-refractivity contribution in [3.8, 4) is 0 Å². The molecule has 0 N–H and O–H groups in total. The third-order valence-corrected chi connectivity index (χ3v) is 3.29. The summed E-state index contributed by atoms with van der Waals surface area (Å²) in [5.41, 5.74) is 2.89. The van der Waals surface area contributed by atoms with Crippen molar-refractivity contribution in [1.82, 2.24) is 0 Å². The average Bonchev–Trinajstić information content (AvgIpc) is 2.39. The Morgan fingerprint density at radius 1 is 0.941 bits per heavy atom. The average molecular weight is 230 g/mol. The summed E-state index contributed by atoms with van der Waals surface area (Å²) in [6, 6.07) is 10.8. The monoisotopic (exact) mass is 230 g/mol. The topological polar surface area (TPSA) is 0 Å². The van der Waals surface area contributed by atoms with E-state index in [0.717, 1.165) is 0 Å². The molecule has 94 valence electrons. The molecule has 0 bridgehead atoms. The highest BCUT2D eigenvalue weighted by molar-refractivity contribution is 5.64. The first kappa shape index (κ1) is 14.0. The molecule has 0 fully saturated rings. The van der Waals surface area contributed by atoms with Gasteiger partial charge in [-0.15, -0.1) is 0 Å². The Bertz CT molecular complexity index is 308. The van der Waals surface area contributed by atoms with Crippen molar-refractivity contribution in [2.75, 3.05) is 0 Å². The second-order valence-electron chi connectivity index (χ2n) is 4.70. The predicted octanol–water partition coefficient (Wildman–Crippen LogP) is 5.84. The predicted molar refractivity (Wildman–Crippen MR) is 78.1 cm³/mol.